The first-order valence-electron chi connectivity index (χ1n) is 8.50. The fourth-order valence-corrected chi connectivity index (χ4v) is 3.49. The summed E-state index contributed by atoms with van der Waals surface area (Å²) < 4.78 is 0. The molecule has 1 aliphatic rings. The van der Waals surface area contributed by atoms with Gasteiger partial charge in [-0.3, -0.25) is 4.79 Å². The molecule has 0 bridgehead atoms. The van der Waals surface area contributed by atoms with E-state index in [2.05, 4.69) is 39.6 Å². The van der Waals surface area contributed by atoms with Crippen LogP contribution >= 0.6 is 9.24 Å². The molecule has 5 heteroatoms. The molecule has 1 atom stereocenters. The molecule has 4 nitrogen and oxygen atoms in total. The van der Waals surface area contributed by atoms with Crippen molar-refractivity contribution in [2.24, 2.45) is 5.41 Å². The van der Waals surface area contributed by atoms with Gasteiger partial charge in [0.2, 0.25) is 5.95 Å². The molecule has 0 spiro atoms. The van der Waals surface area contributed by atoms with Crippen LogP contribution in [0.5, 0.6) is 0 Å². The highest BCUT2D eigenvalue weighted by Gasteiger charge is 2.36. The predicted molar refractivity (Wildman–Crippen MR) is 100 cm³/mol. The van der Waals surface area contributed by atoms with Gasteiger partial charge >= 0.3 is 0 Å². The Kier molecular flexibility index (Phi) is 5.91. The lowest BCUT2D eigenvalue weighted by Gasteiger charge is -2.38. The van der Waals surface area contributed by atoms with Crippen molar-refractivity contribution in [3.8, 4) is 0 Å². The summed E-state index contributed by atoms with van der Waals surface area (Å²) in [6.07, 6.45) is 6.22. The first-order chi connectivity index (χ1) is 10.9. The normalized spacial score (nSPS) is 17.1. The lowest BCUT2D eigenvalue weighted by atomic mass is 9.76. The number of hydrogen-bond acceptors (Lipinski definition) is 4. The number of nitrogens with zero attached hydrogens (tertiary/aromatic N) is 3. The molecule has 2 heterocycles. The van der Waals surface area contributed by atoms with Gasteiger partial charge in [-0.25, -0.2) is 9.97 Å². The maximum atomic E-state index is 12.1. The van der Waals surface area contributed by atoms with Crippen molar-refractivity contribution in [2.45, 2.75) is 52.9 Å². The monoisotopic (exact) mass is 333 g/mol. The molecule has 126 valence electrons. The van der Waals surface area contributed by atoms with Crippen molar-refractivity contribution < 1.29 is 4.79 Å². The molecule has 1 unspecified atom stereocenters. The topological polar surface area (TPSA) is 46.1 Å². The van der Waals surface area contributed by atoms with Crippen LogP contribution < -0.4 is 10.2 Å². The molecule has 1 saturated heterocycles. The number of allylic oxidation sites excluding steroid dienone is 1. The van der Waals surface area contributed by atoms with Crippen LogP contribution in [0.1, 0.15) is 58.6 Å². The summed E-state index contributed by atoms with van der Waals surface area (Å²) >= 11 is 0. The van der Waals surface area contributed by atoms with E-state index in [0.29, 0.717) is 12.2 Å². The molecule has 23 heavy (non-hydrogen) atoms. The van der Waals surface area contributed by atoms with Crippen molar-refractivity contribution >= 4 is 31.8 Å². The van der Waals surface area contributed by atoms with E-state index in [1.165, 1.54) is 0 Å². The van der Waals surface area contributed by atoms with E-state index < -0.39 is 0 Å². The molecule has 1 fully saturated rings. The van der Waals surface area contributed by atoms with Gasteiger partial charge in [-0.2, -0.15) is 0 Å². The minimum absolute atomic E-state index is 0.180. The van der Waals surface area contributed by atoms with E-state index in [0.717, 1.165) is 61.3 Å². The first kappa shape index (κ1) is 18.1. The molecular formula is C18H28N3OP. The number of rotatable bonds is 6. The molecule has 1 aliphatic heterocycles. The molecule has 1 aromatic heterocycles. The average Bonchev–Trinajstić information content (AvgIpc) is 2.55. The van der Waals surface area contributed by atoms with Gasteiger partial charge in [0, 0.05) is 36.4 Å². The molecular weight excluding hydrogens is 305 g/mol. The van der Waals surface area contributed by atoms with Crippen LogP contribution in [0.2, 0.25) is 0 Å². The molecule has 0 N–H and O–H groups in total. The van der Waals surface area contributed by atoms with E-state index in [4.69, 9.17) is 4.98 Å². The summed E-state index contributed by atoms with van der Waals surface area (Å²) in [7, 11) is 2.70. The number of Topliss-reactive ketones (excluding diaryl/α,β-unsaturated/α-hetero) is 1. The second-order valence-electron chi connectivity index (χ2n) is 6.65. The van der Waals surface area contributed by atoms with Crippen LogP contribution in [0.3, 0.4) is 0 Å². The van der Waals surface area contributed by atoms with Crippen LogP contribution in [0.15, 0.2) is 12.8 Å². The number of aromatic nitrogens is 2. The zero-order valence-electron chi connectivity index (χ0n) is 14.6. The van der Waals surface area contributed by atoms with Gasteiger partial charge in [-0.15, -0.1) is 9.24 Å². The van der Waals surface area contributed by atoms with E-state index in [9.17, 15) is 4.79 Å². The Morgan fingerprint density at radius 3 is 2.61 bits per heavy atom. The molecule has 1 aromatic rings. The molecule has 0 saturated carbocycles. The molecule has 0 aliphatic carbocycles. The number of carbonyl (C=O) groups excluding carboxylic acids is 1. The van der Waals surface area contributed by atoms with Gasteiger partial charge < -0.3 is 4.90 Å². The third kappa shape index (κ3) is 3.98. The van der Waals surface area contributed by atoms with Crippen molar-refractivity contribution in [1.29, 1.82) is 0 Å². The number of piperidine rings is 1. The zero-order chi connectivity index (χ0) is 17.0. The van der Waals surface area contributed by atoms with Gasteiger partial charge in [0.05, 0.1) is 5.69 Å². The van der Waals surface area contributed by atoms with Crippen LogP contribution in [0.25, 0.3) is 5.57 Å². The Hall–Kier alpha value is -1.28. The number of anilines is 1. The van der Waals surface area contributed by atoms with E-state index in [-0.39, 0.29) is 5.41 Å². The van der Waals surface area contributed by atoms with Crippen molar-refractivity contribution in [3.63, 3.8) is 0 Å². The molecule has 0 amide bonds. The lowest BCUT2D eigenvalue weighted by molar-refractivity contribution is -0.128. The summed E-state index contributed by atoms with van der Waals surface area (Å²) in [5.74, 6) is 1.13. The van der Waals surface area contributed by atoms with E-state index >= 15 is 0 Å². The number of ketones is 1. The van der Waals surface area contributed by atoms with Crippen molar-refractivity contribution in [3.05, 3.63) is 18.5 Å². The SMILES string of the molecule is C=C(CCC)c1nc(N2CCC(C)(C(=O)CC)CC2)ncc1P. The van der Waals surface area contributed by atoms with Crippen molar-refractivity contribution in [1.82, 2.24) is 9.97 Å². The van der Waals surface area contributed by atoms with Gasteiger partial charge in [0.15, 0.2) is 0 Å². The maximum Gasteiger partial charge on any atom is 0.225 e. The van der Waals surface area contributed by atoms with Crippen LogP contribution in [0.4, 0.5) is 5.95 Å². The highest BCUT2D eigenvalue weighted by Crippen LogP contribution is 2.34. The molecule has 2 rings (SSSR count). The summed E-state index contributed by atoms with van der Waals surface area (Å²) in [5.41, 5.74) is 1.82. The second kappa shape index (κ2) is 7.53. The summed E-state index contributed by atoms with van der Waals surface area (Å²) in [4.78, 5) is 23.5. The van der Waals surface area contributed by atoms with E-state index in [1.807, 2.05) is 13.1 Å². The Morgan fingerprint density at radius 2 is 2.04 bits per heavy atom. The first-order valence-corrected chi connectivity index (χ1v) is 9.08. The average molecular weight is 333 g/mol. The van der Waals surface area contributed by atoms with Crippen LogP contribution in [-0.2, 0) is 4.79 Å². The van der Waals surface area contributed by atoms with Crippen LogP contribution in [-0.4, -0.2) is 28.8 Å². The third-order valence-corrected chi connectivity index (χ3v) is 5.26. The molecule has 0 aromatic carbocycles. The highest BCUT2D eigenvalue weighted by molar-refractivity contribution is 7.27. The number of carbonyl (C=O) groups is 1. The van der Waals surface area contributed by atoms with Crippen LogP contribution in [0, 0.1) is 5.41 Å². The Bertz CT molecular complexity index is 592. The largest absolute Gasteiger partial charge is 0.341 e. The third-order valence-electron chi connectivity index (χ3n) is 4.84. The van der Waals surface area contributed by atoms with Gasteiger partial charge in [0.25, 0.3) is 0 Å². The quantitative estimate of drug-likeness (QED) is 0.749. The predicted octanol–water partition coefficient (Wildman–Crippen LogP) is 3.38. The fourth-order valence-electron chi connectivity index (χ4n) is 3.14. The summed E-state index contributed by atoms with van der Waals surface area (Å²) in [5, 5.41) is 0.996. The van der Waals surface area contributed by atoms with Gasteiger partial charge in [-0.05, 0) is 24.8 Å². The minimum Gasteiger partial charge on any atom is -0.341 e. The Balaban J connectivity index is 2.14. The summed E-state index contributed by atoms with van der Waals surface area (Å²) in [6, 6.07) is 0. The Morgan fingerprint density at radius 1 is 1.39 bits per heavy atom. The number of hydrogen-bond donors (Lipinski definition) is 0. The Labute approximate surface area is 142 Å². The highest BCUT2D eigenvalue weighted by atomic mass is 31.0. The minimum atomic E-state index is -0.180. The molecule has 0 radical (unpaired) electrons. The van der Waals surface area contributed by atoms with Gasteiger partial charge in [0.1, 0.15) is 5.78 Å². The van der Waals surface area contributed by atoms with Crippen molar-refractivity contribution in [2.75, 3.05) is 18.0 Å². The second-order valence-corrected chi connectivity index (χ2v) is 7.27. The zero-order valence-corrected chi connectivity index (χ0v) is 15.7. The van der Waals surface area contributed by atoms with Gasteiger partial charge in [-0.1, -0.05) is 33.8 Å². The summed E-state index contributed by atoms with van der Waals surface area (Å²) in [6.45, 7) is 12.0. The standard InChI is InChI=1S/C18H28N3OP/c1-5-7-13(3)16-14(23)12-19-17(20-16)21-10-8-18(4,9-11-21)15(22)6-2/h12H,3,5-11,23H2,1-2,4H3. The smallest absolute Gasteiger partial charge is 0.225 e. The maximum absolute atomic E-state index is 12.1. The van der Waals surface area contributed by atoms with E-state index in [1.54, 1.807) is 0 Å². The fraction of sp³-hybridized carbons (Fsp3) is 0.611. The lowest BCUT2D eigenvalue weighted by Crippen LogP contribution is -2.43.